The summed E-state index contributed by atoms with van der Waals surface area (Å²) in [5.41, 5.74) is 0.664. The Morgan fingerprint density at radius 2 is 1.85 bits per heavy atom. The number of carbonyl (C=O) groups is 1. The molecule has 0 aromatic carbocycles. The van der Waals surface area contributed by atoms with Gasteiger partial charge in [0.1, 0.15) is 4.88 Å². The first-order valence-corrected chi connectivity index (χ1v) is 10.4. The van der Waals surface area contributed by atoms with Crippen LogP contribution >= 0.6 is 11.3 Å². The van der Waals surface area contributed by atoms with Crippen molar-refractivity contribution >= 4 is 17.2 Å². The molecule has 2 aromatic rings. The predicted octanol–water partition coefficient (Wildman–Crippen LogP) is 5.19. The van der Waals surface area contributed by atoms with Crippen LogP contribution in [0.15, 0.2) is 22.8 Å². The molecule has 2 rings (SSSR count). The molecule has 0 spiro atoms. The number of aryl methyl sites for hydroxylation is 1. The third-order valence-corrected chi connectivity index (χ3v) is 5.01. The average molecular weight is 381 g/mol. The molecule has 0 aliphatic rings. The molecule has 2 heterocycles. The van der Waals surface area contributed by atoms with E-state index in [1.54, 1.807) is 25.3 Å². The fourth-order valence-corrected chi connectivity index (χ4v) is 3.34. The number of hydrogen-bond acceptors (Lipinski definition) is 5. The minimum absolute atomic E-state index is 0.0748. The van der Waals surface area contributed by atoms with Crippen molar-refractivity contribution in [3.05, 3.63) is 29.0 Å². The number of thiazole rings is 1. The Bertz CT molecular complexity index is 603. The van der Waals surface area contributed by atoms with Crippen LogP contribution < -0.4 is 5.32 Å². The van der Waals surface area contributed by atoms with E-state index in [4.69, 9.17) is 9.52 Å². The van der Waals surface area contributed by atoms with Crippen LogP contribution in [0.4, 0.5) is 0 Å². The Balaban J connectivity index is 0.000000321. The van der Waals surface area contributed by atoms with Crippen LogP contribution in [0, 0.1) is 6.92 Å². The lowest BCUT2D eigenvalue weighted by Gasteiger charge is -1.99. The number of aliphatic hydroxyl groups is 1. The standard InChI is InChI=1S/C11H12N2O3S.C9H20/c1-7-9(10(15)12-4-5-14)17-11(13-7)8-3-2-6-16-8;1-3-5-7-9-8-6-4-2/h2-3,6,14H,4-5H2,1H3,(H,12,15);3-9H2,1-2H3. The Hall–Kier alpha value is -1.66. The lowest BCUT2D eigenvalue weighted by Crippen LogP contribution is -2.26. The quantitative estimate of drug-likeness (QED) is 0.556. The normalized spacial score (nSPS) is 10.3. The number of rotatable bonds is 10. The highest BCUT2D eigenvalue weighted by molar-refractivity contribution is 7.17. The number of furan rings is 1. The Labute approximate surface area is 160 Å². The molecule has 0 fully saturated rings. The van der Waals surface area contributed by atoms with Gasteiger partial charge in [0, 0.05) is 6.54 Å². The summed E-state index contributed by atoms with van der Waals surface area (Å²) in [4.78, 5) is 16.6. The lowest BCUT2D eigenvalue weighted by atomic mass is 10.1. The van der Waals surface area contributed by atoms with Gasteiger partial charge in [0.25, 0.3) is 5.91 Å². The van der Waals surface area contributed by atoms with Crippen LogP contribution in [0.25, 0.3) is 10.8 Å². The molecule has 0 aliphatic carbocycles. The molecular weight excluding hydrogens is 348 g/mol. The highest BCUT2D eigenvalue weighted by Crippen LogP contribution is 2.27. The van der Waals surface area contributed by atoms with E-state index in [-0.39, 0.29) is 19.1 Å². The highest BCUT2D eigenvalue weighted by atomic mass is 32.1. The highest BCUT2D eigenvalue weighted by Gasteiger charge is 2.16. The number of hydrogen-bond donors (Lipinski definition) is 2. The van der Waals surface area contributed by atoms with Crippen LogP contribution in [0.1, 0.15) is 74.2 Å². The van der Waals surface area contributed by atoms with E-state index in [0.717, 1.165) is 0 Å². The van der Waals surface area contributed by atoms with Crippen molar-refractivity contribution < 1.29 is 14.3 Å². The molecule has 0 bridgehead atoms. The molecule has 0 unspecified atom stereocenters. The smallest absolute Gasteiger partial charge is 0.263 e. The predicted molar refractivity (Wildman–Crippen MR) is 108 cm³/mol. The third kappa shape index (κ3) is 8.15. The number of aromatic nitrogens is 1. The summed E-state index contributed by atoms with van der Waals surface area (Å²) in [6.07, 6.45) is 11.5. The number of nitrogens with zero attached hydrogens (tertiary/aromatic N) is 1. The molecule has 0 saturated carbocycles. The van der Waals surface area contributed by atoms with E-state index in [2.05, 4.69) is 24.1 Å². The second-order valence-corrected chi connectivity index (χ2v) is 7.16. The van der Waals surface area contributed by atoms with Crippen LogP contribution in [0.3, 0.4) is 0 Å². The topological polar surface area (TPSA) is 75.4 Å². The summed E-state index contributed by atoms with van der Waals surface area (Å²) in [7, 11) is 0. The summed E-state index contributed by atoms with van der Waals surface area (Å²) in [6.45, 7) is 6.47. The summed E-state index contributed by atoms with van der Waals surface area (Å²) in [5, 5.41) is 11.9. The zero-order chi connectivity index (χ0) is 19.2. The maximum Gasteiger partial charge on any atom is 0.263 e. The van der Waals surface area contributed by atoms with Gasteiger partial charge in [0.05, 0.1) is 18.6 Å². The van der Waals surface area contributed by atoms with E-state index in [0.29, 0.717) is 21.3 Å². The van der Waals surface area contributed by atoms with Gasteiger partial charge >= 0.3 is 0 Å². The largest absolute Gasteiger partial charge is 0.462 e. The summed E-state index contributed by atoms with van der Waals surface area (Å²) >= 11 is 1.28. The SMILES string of the molecule is CCCCCCCCC.Cc1nc(-c2ccco2)sc1C(=O)NCCO. The van der Waals surface area contributed by atoms with Gasteiger partial charge in [-0.1, -0.05) is 58.8 Å². The summed E-state index contributed by atoms with van der Waals surface area (Å²) < 4.78 is 5.22. The Kier molecular flexibility index (Phi) is 11.6. The molecule has 2 N–H and O–H groups in total. The van der Waals surface area contributed by atoms with Crippen molar-refractivity contribution in [1.82, 2.24) is 10.3 Å². The maximum atomic E-state index is 11.7. The van der Waals surface area contributed by atoms with Crippen LogP contribution in [-0.2, 0) is 0 Å². The second-order valence-electron chi connectivity index (χ2n) is 6.16. The van der Waals surface area contributed by atoms with E-state index in [9.17, 15) is 4.79 Å². The molecule has 0 radical (unpaired) electrons. The number of carbonyl (C=O) groups excluding carboxylic acids is 1. The minimum atomic E-state index is -0.216. The molecule has 6 heteroatoms. The van der Waals surface area contributed by atoms with Gasteiger partial charge in [0.2, 0.25) is 0 Å². The number of amides is 1. The number of aliphatic hydroxyl groups excluding tert-OH is 1. The molecule has 2 aromatic heterocycles. The first-order chi connectivity index (χ1) is 12.6. The number of unbranched alkanes of at least 4 members (excludes halogenated alkanes) is 6. The number of nitrogens with one attached hydrogen (secondary N) is 1. The van der Waals surface area contributed by atoms with E-state index >= 15 is 0 Å². The molecule has 5 nitrogen and oxygen atoms in total. The first-order valence-electron chi connectivity index (χ1n) is 9.54. The fraction of sp³-hybridized carbons (Fsp3) is 0.600. The molecule has 1 amide bonds. The van der Waals surface area contributed by atoms with Gasteiger partial charge in [-0.3, -0.25) is 4.79 Å². The van der Waals surface area contributed by atoms with Gasteiger partial charge in [-0.15, -0.1) is 11.3 Å². The van der Waals surface area contributed by atoms with Gasteiger partial charge in [-0.2, -0.15) is 0 Å². The molecule has 0 aliphatic heterocycles. The molecular formula is C20H32N2O3S. The maximum absolute atomic E-state index is 11.7. The van der Waals surface area contributed by atoms with Gasteiger partial charge in [0.15, 0.2) is 10.8 Å². The second kappa shape index (κ2) is 13.5. The Morgan fingerprint density at radius 3 is 2.38 bits per heavy atom. The van der Waals surface area contributed by atoms with Crippen molar-refractivity contribution in [2.45, 2.75) is 65.7 Å². The molecule has 146 valence electrons. The van der Waals surface area contributed by atoms with Crippen molar-refractivity contribution in [3.63, 3.8) is 0 Å². The zero-order valence-electron chi connectivity index (χ0n) is 16.2. The summed E-state index contributed by atoms with van der Waals surface area (Å²) in [6, 6.07) is 3.57. The van der Waals surface area contributed by atoms with Crippen LogP contribution in [0.5, 0.6) is 0 Å². The van der Waals surface area contributed by atoms with Crippen LogP contribution in [0.2, 0.25) is 0 Å². The molecule has 0 atom stereocenters. The van der Waals surface area contributed by atoms with Crippen molar-refractivity contribution in [2.75, 3.05) is 13.2 Å². The monoisotopic (exact) mass is 380 g/mol. The van der Waals surface area contributed by atoms with Crippen molar-refractivity contribution in [1.29, 1.82) is 0 Å². The third-order valence-electron chi connectivity index (χ3n) is 3.84. The van der Waals surface area contributed by atoms with E-state index in [1.165, 1.54) is 56.3 Å². The van der Waals surface area contributed by atoms with E-state index in [1.807, 2.05) is 0 Å². The van der Waals surface area contributed by atoms with Gasteiger partial charge in [-0.05, 0) is 19.1 Å². The minimum Gasteiger partial charge on any atom is -0.462 e. The van der Waals surface area contributed by atoms with Gasteiger partial charge < -0.3 is 14.8 Å². The van der Waals surface area contributed by atoms with Crippen LogP contribution in [-0.4, -0.2) is 29.1 Å². The van der Waals surface area contributed by atoms with E-state index < -0.39 is 0 Å². The summed E-state index contributed by atoms with van der Waals surface area (Å²) in [5.74, 6) is 0.436. The van der Waals surface area contributed by atoms with Crippen molar-refractivity contribution in [2.24, 2.45) is 0 Å². The fourth-order valence-electron chi connectivity index (χ4n) is 2.39. The first kappa shape index (κ1) is 22.4. The lowest BCUT2D eigenvalue weighted by molar-refractivity contribution is 0.0948. The van der Waals surface area contributed by atoms with Crippen molar-refractivity contribution in [3.8, 4) is 10.8 Å². The Morgan fingerprint density at radius 1 is 1.19 bits per heavy atom. The average Bonchev–Trinajstić information content (AvgIpc) is 3.30. The molecule has 26 heavy (non-hydrogen) atoms. The molecule has 0 saturated heterocycles. The zero-order valence-corrected chi connectivity index (χ0v) is 17.0. The van der Waals surface area contributed by atoms with Gasteiger partial charge in [-0.25, -0.2) is 4.98 Å².